The Morgan fingerprint density at radius 1 is 0.789 bits per heavy atom. The van der Waals surface area contributed by atoms with Gasteiger partial charge in [-0.15, -0.1) is 0 Å². The van der Waals surface area contributed by atoms with Gasteiger partial charge < -0.3 is 24.1 Å². The first kappa shape index (κ1) is 27.9. The van der Waals surface area contributed by atoms with Crippen molar-refractivity contribution in [3.8, 4) is 0 Å². The van der Waals surface area contributed by atoms with Crippen LogP contribution in [0.25, 0.3) is 0 Å². The van der Waals surface area contributed by atoms with Gasteiger partial charge in [0, 0.05) is 27.2 Å². The Morgan fingerprint density at radius 2 is 1.47 bits per heavy atom. The predicted molar refractivity (Wildman–Crippen MR) is 149 cm³/mol. The van der Waals surface area contributed by atoms with Crippen LogP contribution in [0.15, 0.2) is 0 Å². The van der Waals surface area contributed by atoms with Gasteiger partial charge >= 0.3 is 0 Å². The highest BCUT2D eigenvalue weighted by Crippen LogP contribution is 2.89. The molecule has 5 saturated carbocycles. The van der Waals surface area contributed by atoms with E-state index in [4.69, 9.17) is 18.9 Å². The summed E-state index contributed by atoms with van der Waals surface area (Å²) in [6, 6.07) is 0. The molecule has 2 spiro atoms. The lowest BCUT2D eigenvalue weighted by molar-refractivity contribution is -0.218. The van der Waals surface area contributed by atoms with Crippen LogP contribution in [0.3, 0.4) is 0 Å². The van der Waals surface area contributed by atoms with Gasteiger partial charge in [-0.2, -0.15) is 0 Å². The van der Waals surface area contributed by atoms with Crippen LogP contribution in [0.1, 0.15) is 106 Å². The minimum Gasteiger partial charge on any atom is -0.393 e. The summed E-state index contributed by atoms with van der Waals surface area (Å²) >= 11 is 0. The maximum atomic E-state index is 11.1. The summed E-state index contributed by atoms with van der Waals surface area (Å²) in [5.41, 5.74) is 0.426. The summed E-state index contributed by atoms with van der Waals surface area (Å²) in [6.45, 7) is 16.6. The molecule has 1 saturated heterocycles. The smallest absolute Gasteiger partial charge is 0.0883 e. The molecule has 12 atom stereocenters. The molecule has 6 aliphatic rings. The zero-order chi connectivity index (χ0) is 27.7. The molecule has 0 aromatic carbocycles. The zero-order valence-corrected chi connectivity index (χ0v) is 26.0. The number of fused-ring (bicyclic) bond motifs is 2. The van der Waals surface area contributed by atoms with Gasteiger partial charge in [-0.05, 0) is 117 Å². The third kappa shape index (κ3) is 3.12. The number of aliphatic hydroxyl groups excluding tert-OH is 1. The molecule has 0 aromatic rings. The largest absolute Gasteiger partial charge is 0.393 e. The van der Waals surface area contributed by atoms with E-state index in [1.54, 1.807) is 0 Å². The molecule has 1 aliphatic heterocycles. The van der Waals surface area contributed by atoms with Crippen LogP contribution < -0.4 is 0 Å². The van der Waals surface area contributed by atoms with Gasteiger partial charge in [-0.25, -0.2) is 0 Å². The van der Waals surface area contributed by atoms with Crippen LogP contribution in [-0.4, -0.2) is 62.1 Å². The first-order chi connectivity index (χ1) is 17.6. The first-order valence-corrected chi connectivity index (χ1v) is 15.6. The molecule has 0 radical (unpaired) electrons. The molecule has 38 heavy (non-hydrogen) atoms. The van der Waals surface area contributed by atoms with Crippen molar-refractivity contribution >= 4 is 0 Å². The fourth-order valence-corrected chi connectivity index (χ4v) is 12.6. The monoisotopic (exact) mass is 532 g/mol. The fourth-order valence-electron chi connectivity index (χ4n) is 12.6. The SMILES string of the molecule is CO[C@H]1C[C@@]2(C)C3C[C@H](OC)[C@H]4C(C)(C)[C@@H](O)CC[C@@]45C[C@@]35CC[C@]2(C)[C@H]1[C@@]1(C)CC[C@@H](C(C)(C)OC)O1. The van der Waals surface area contributed by atoms with Crippen molar-refractivity contribution in [1.82, 2.24) is 0 Å². The lowest BCUT2D eigenvalue weighted by atomic mass is 9.41. The van der Waals surface area contributed by atoms with Crippen molar-refractivity contribution in [2.45, 2.75) is 142 Å². The lowest BCUT2D eigenvalue weighted by Crippen LogP contribution is -2.62. The van der Waals surface area contributed by atoms with Crippen molar-refractivity contribution in [3.05, 3.63) is 0 Å². The van der Waals surface area contributed by atoms with Crippen LogP contribution in [-0.2, 0) is 18.9 Å². The van der Waals surface area contributed by atoms with Gasteiger partial charge in [0.2, 0.25) is 0 Å². The Labute approximate surface area is 232 Å². The standard InChI is InChI=1S/C33H56O5/c1-27(2)23(34)11-14-33-19-32(33)16-15-29(5)26(31(7)13-12-24(38-31)28(3,4)37-10)21(36-9)18-30(29,6)22(32)17-20(35-8)25(27)33/h20-26,34H,11-19H2,1-10H3/t20-,21-,22?,23-,24-,25-,26-,29+,30-,31+,32-,33+/m0/s1. The summed E-state index contributed by atoms with van der Waals surface area (Å²) in [4.78, 5) is 0. The molecular formula is C33H56O5. The highest BCUT2D eigenvalue weighted by atomic mass is 16.6. The van der Waals surface area contributed by atoms with Crippen molar-refractivity contribution in [3.63, 3.8) is 0 Å². The summed E-state index contributed by atoms with van der Waals surface area (Å²) < 4.78 is 25.8. The zero-order valence-electron chi connectivity index (χ0n) is 26.0. The van der Waals surface area contributed by atoms with Crippen LogP contribution >= 0.6 is 0 Å². The molecule has 6 rings (SSSR count). The molecule has 1 heterocycles. The summed E-state index contributed by atoms with van der Waals surface area (Å²) in [6.07, 6.45) is 10.6. The minimum atomic E-state index is -0.289. The van der Waals surface area contributed by atoms with E-state index in [1.807, 2.05) is 21.3 Å². The van der Waals surface area contributed by atoms with Gasteiger partial charge in [0.25, 0.3) is 0 Å². The van der Waals surface area contributed by atoms with E-state index in [0.29, 0.717) is 28.6 Å². The lowest BCUT2D eigenvalue weighted by Gasteiger charge is -2.65. The molecule has 0 bridgehead atoms. The van der Waals surface area contributed by atoms with E-state index in [1.165, 1.54) is 19.3 Å². The molecule has 218 valence electrons. The summed E-state index contributed by atoms with van der Waals surface area (Å²) in [5.74, 6) is 1.42. The first-order valence-electron chi connectivity index (χ1n) is 15.6. The van der Waals surface area contributed by atoms with E-state index < -0.39 is 0 Å². The quantitative estimate of drug-likeness (QED) is 0.444. The van der Waals surface area contributed by atoms with Gasteiger partial charge in [-0.3, -0.25) is 0 Å². The van der Waals surface area contributed by atoms with Crippen molar-refractivity contribution in [2.24, 2.45) is 44.8 Å². The van der Waals surface area contributed by atoms with Crippen molar-refractivity contribution < 1.29 is 24.1 Å². The Hall–Kier alpha value is -0.200. The molecule has 0 amide bonds. The van der Waals surface area contributed by atoms with Crippen LogP contribution in [0, 0.1) is 44.8 Å². The summed E-state index contributed by atoms with van der Waals surface area (Å²) in [7, 11) is 5.67. The molecular weight excluding hydrogens is 476 g/mol. The van der Waals surface area contributed by atoms with E-state index in [2.05, 4.69) is 48.5 Å². The number of hydrogen-bond acceptors (Lipinski definition) is 5. The third-order valence-electron chi connectivity index (χ3n) is 14.9. The molecule has 1 unspecified atom stereocenters. The number of ether oxygens (including phenoxy) is 4. The molecule has 5 aliphatic carbocycles. The van der Waals surface area contributed by atoms with E-state index in [0.717, 1.165) is 38.5 Å². The van der Waals surface area contributed by atoms with Crippen LogP contribution in [0.4, 0.5) is 0 Å². The van der Waals surface area contributed by atoms with Gasteiger partial charge in [0.15, 0.2) is 0 Å². The normalized spacial score (nSPS) is 57.1. The van der Waals surface area contributed by atoms with Crippen molar-refractivity contribution in [2.75, 3.05) is 21.3 Å². The number of rotatable bonds is 5. The molecule has 0 aromatic heterocycles. The Bertz CT molecular complexity index is 963. The van der Waals surface area contributed by atoms with Gasteiger partial charge in [0.05, 0.1) is 35.6 Å². The van der Waals surface area contributed by atoms with E-state index in [-0.39, 0.29) is 51.9 Å². The Kier molecular flexibility index (Phi) is 6.04. The van der Waals surface area contributed by atoms with E-state index >= 15 is 0 Å². The average Bonchev–Trinajstić information content (AvgIpc) is 3.22. The second-order valence-electron chi connectivity index (χ2n) is 16.5. The molecule has 5 heteroatoms. The molecule has 1 N–H and O–H groups in total. The molecule has 5 nitrogen and oxygen atoms in total. The maximum Gasteiger partial charge on any atom is 0.0883 e. The van der Waals surface area contributed by atoms with E-state index in [9.17, 15) is 5.11 Å². The highest BCUT2D eigenvalue weighted by molar-refractivity contribution is 5.33. The maximum absolute atomic E-state index is 11.1. The van der Waals surface area contributed by atoms with Crippen LogP contribution in [0.2, 0.25) is 0 Å². The average molecular weight is 533 g/mol. The fraction of sp³-hybridized carbons (Fsp3) is 1.00. The minimum absolute atomic E-state index is 0.101. The van der Waals surface area contributed by atoms with Gasteiger partial charge in [-0.1, -0.05) is 27.7 Å². The third-order valence-corrected chi connectivity index (χ3v) is 14.9. The Morgan fingerprint density at radius 3 is 2.11 bits per heavy atom. The Balaban J connectivity index is 1.38. The summed E-state index contributed by atoms with van der Waals surface area (Å²) in [5, 5.41) is 11.1. The highest BCUT2D eigenvalue weighted by Gasteiger charge is 2.85. The van der Waals surface area contributed by atoms with Crippen LogP contribution in [0.5, 0.6) is 0 Å². The van der Waals surface area contributed by atoms with Crippen molar-refractivity contribution in [1.29, 1.82) is 0 Å². The number of methoxy groups -OCH3 is 3. The topological polar surface area (TPSA) is 57.2 Å². The predicted octanol–water partition coefficient (Wildman–Crippen LogP) is 6.40. The number of hydrogen-bond donors (Lipinski definition) is 1. The second kappa shape index (κ2) is 8.21. The number of aliphatic hydroxyl groups is 1. The second-order valence-corrected chi connectivity index (χ2v) is 16.5. The van der Waals surface area contributed by atoms with Gasteiger partial charge in [0.1, 0.15) is 0 Å². The molecule has 6 fully saturated rings.